The van der Waals surface area contributed by atoms with Gasteiger partial charge in [0.25, 0.3) is 0 Å². The van der Waals surface area contributed by atoms with Crippen molar-refractivity contribution in [2.45, 2.75) is 12.8 Å². The molecule has 0 aliphatic heterocycles. The number of halogens is 3. The standard InChI is InChI=1S/C25H18BrF2NO2/c1-30-17-3-6-20-22(13-17)23(26)12-16(25(20)28)9-11-31-18-4-5-19-21(14-18)15(8-10-29)2-7-24(19)27/h2-7,12-14H,8-9,11H2,1H3. The molecule has 0 N–H and O–H groups in total. The molecule has 0 saturated heterocycles. The first kappa shape index (κ1) is 21.1. The average Bonchev–Trinajstić information content (AvgIpc) is 2.78. The smallest absolute Gasteiger partial charge is 0.134 e. The lowest BCUT2D eigenvalue weighted by Crippen LogP contribution is -2.04. The Labute approximate surface area is 186 Å². The van der Waals surface area contributed by atoms with E-state index >= 15 is 4.39 Å². The SMILES string of the molecule is COc1ccc2c(F)c(CCOc3ccc4c(F)ccc(CC#N)c4c3)cc(Br)c2c1. The summed E-state index contributed by atoms with van der Waals surface area (Å²) in [5, 5.41) is 11.4. The Morgan fingerprint density at radius 2 is 1.61 bits per heavy atom. The fraction of sp³-hybridized carbons (Fsp3) is 0.160. The number of nitrogens with zero attached hydrogens (tertiary/aromatic N) is 1. The van der Waals surface area contributed by atoms with Crippen molar-refractivity contribution in [3.8, 4) is 17.6 Å². The van der Waals surface area contributed by atoms with Crippen molar-refractivity contribution in [2.24, 2.45) is 0 Å². The summed E-state index contributed by atoms with van der Waals surface area (Å²) in [5.41, 5.74) is 1.27. The largest absolute Gasteiger partial charge is 0.497 e. The van der Waals surface area contributed by atoms with Crippen molar-refractivity contribution >= 4 is 37.5 Å². The highest BCUT2D eigenvalue weighted by Crippen LogP contribution is 2.32. The highest BCUT2D eigenvalue weighted by Gasteiger charge is 2.13. The van der Waals surface area contributed by atoms with Crippen LogP contribution in [0, 0.1) is 23.0 Å². The summed E-state index contributed by atoms with van der Waals surface area (Å²) in [7, 11) is 1.57. The number of nitriles is 1. The van der Waals surface area contributed by atoms with Crippen LogP contribution in [0.15, 0.2) is 59.1 Å². The molecule has 3 nitrogen and oxygen atoms in total. The topological polar surface area (TPSA) is 42.2 Å². The first-order valence-corrected chi connectivity index (χ1v) is 10.5. The number of fused-ring (bicyclic) bond motifs is 2. The maximum atomic E-state index is 15.0. The summed E-state index contributed by atoms with van der Waals surface area (Å²) in [4.78, 5) is 0. The van der Waals surface area contributed by atoms with Gasteiger partial charge in [-0.3, -0.25) is 0 Å². The minimum absolute atomic E-state index is 0.182. The number of ether oxygens (including phenoxy) is 2. The Morgan fingerprint density at radius 3 is 2.39 bits per heavy atom. The van der Waals surface area contributed by atoms with Crippen molar-refractivity contribution < 1.29 is 18.3 Å². The molecular formula is C25H18BrF2NO2. The van der Waals surface area contributed by atoms with Crippen molar-refractivity contribution in [2.75, 3.05) is 13.7 Å². The van der Waals surface area contributed by atoms with E-state index in [9.17, 15) is 4.39 Å². The second-order valence-electron chi connectivity index (χ2n) is 7.09. The summed E-state index contributed by atoms with van der Waals surface area (Å²) in [6.45, 7) is 0.249. The van der Waals surface area contributed by atoms with Gasteiger partial charge in [0.15, 0.2) is 0 Å². The van der Waals surface area contributed by atoms with E-state index in [-0.39, 0.29) is 24.7 Å². The zero-order valence-electron chi connectivity index (χ0n) is 16.7. The lowest BCUT2D eigenvalue weighted by molar-refractivity contribution is 0.320. The predicted octanol–water partition coefficient (Wildman–Crippen LogP) is 6.73. The van der Waals surface area contributed by atoms with Crippen LogP contribution in [0.2, 0.25) is 0 Å². The Hall–Kier alpha value is -3.17. The highest BCUT2D eigenvalue weighted by atomic mass is 79.9. The molecule has 0 spiro atoms. The van der Waals surface area contributed by atoms with Gasteiger partial charge in [-0.25, -0.2) is 8.78 Å². The maximum absolute atomic E-state index is 15.0. The van der Waals surface area contributed by atoms with Gasteiger partial charge >= 0.3 is 0 Å². The lowest BCUT2D eigenvalue weighted by atomic mass is 10.0. The third-order valence-corrected chi connectivity index (χ3v) is 5.89. The second-order valence-corrected chi connectivity index (χ2v) is 7.94. The van der Waals surface area contributed by atoms with E-state index in [1.54, 1.807) is 55.6 Å². The first-order valence-electron chi connectivity index (χ1n) is 9.67. The summed E-state index contributed by atoms with van der Waals surface area (Å²) < 4.78 is 40.9. The van der Waals surface area contributed by atoms with Crippen LogP contribution >= 0.6 is 15.9 Å². The van der Waals surface area contributed by atoms with Gasteiger partial charge in [-0.2, -0.15) is 5.26 Å². The predicted molar refractivity (Wildman–Crippen MR) is 121 cm³/mol. The fourth-order valence-corrected chi connectivity index (χ4v) is 4.25. The molecule has 0 aliphatic carbocycles. The van der Waals surface area contributed by atoms with Crippen LogP contribution in [0.25, 0.3) is 21.5 Å². The summed E-state index contributed by atoms with van der Waals surface area (Å²) in [5.74, 6) is 0.568. The Morgan fingerprint density at radius 1 is 0.871 bits per heavy atom. The van der Waals surface area contributed by atoms with Crippen molar-refractivity contribution in [3.05, 3.63) is 81.8 Å². The molecule has 0 unspecified atom stereocenters. The summed E-state index contributed by atoms with van der Waals surface area (Å²) in [6.07, 6.45) is 0.542. The number of rotatable bonds is 6. The molecule has 0 bridgehead atoms. The molecule has 4 aromatic rings. The maximum Gasteiger partial charge on any atom is 0.134 e. The Kier molecular flexibility index (Phi) is 6.06. The van der Waals surface area contributed by atoms with Gasteiger partial charge in [-0.15, -0.1) is 0 Å². The van der Waals surface area contributed by atoms with E-state index in [0.717, 1.165) is 15.4 Å². The van der Waals surface area contributed by atoms with E-state index in [2.05, 4.69) is 22.0 Å². The quantitative estimate of drug-likeness (QED) is 0.306. The minimum atomic E-state index is -0.344. The van der Waals surface area contributed by atoms with Crippen molar-refractivity contribution in [1.29, 1.82) is 5.26 Å². The Bertz CT molecular complexity index is 1330. The van der Waals surface area contributed by atoms with E-state index in [0.29, 0.717) is 39.6 Å². The van der Waals surface area contributed by atoms with Gasteiger partial charge in [0.2, 0.25) is 0 Å². The lowest BCUT2D eigenvalue weighted by Gasteiger charge is -2.12. The van der Waals surface area contributed by atoms with Crippen LogP contribution < -0.4 is 9.47 Å². The highest BCUT2D eigenvalue weighted by molar-refractivity contribution is 9.10. The molecule has 0 fully saturated rings. The number of hydrogen-bond acceptors (Lipinski definition) is 3. The molecule has 0 aromatic heterocycles. The molecule has 0 atom stereocenters. The normalized spacial score (nSPS) is 10.9. The average molecular weight is 482 g/mol. The molecule has 0 aliphatic rings. The van der Waals surface area contributed by atoms with Crippen LogP contribution in [0.5, 0.6) is 11.5 Å². The molecule has 156 valence electrons. The summed E-state index contributed by atoms with van der Waals surface area (Å²) in [6, 6.07) is 17.1. The third-order valence-electron chi connectivity index (χ3n) is 5.24. The minimum Gasteiger partial charge on any atom is -0.497 e. The molecule has 0 amide bonds. The van der Waals surface area contributed by atoms with Crippen LogP contribution in [0.3, 0.4) is 0 Å². The van der Waals surface area contributed by atoms with Gasteiger partial charge in [-0.05, 0) is 65.0 Å². The third kappa shape index (κ3) is 4.19. The monoisotopic (exact) mass is 481 g/mol. The molecule has 0 saturated carbocycles. The molecule has 31 heavy (non-hydrogen) atoms. The van der Waals surface area contributed by atoms with E-state index < -0.39 is 0 Å². The first-order chi connectivity index (χ1) is 15.0. The van der Waals surface area contributed by atoms with Gasteiger partial charge in [-0.1, -0.05) is 22.0 Å². The second kappa shape index (κ2) is 8.91. The van der Waals surface area contributed by atoms with Gasteiger partial charge < -0.3 is 9.47 Å². The molecule has 0 radical (unpaired) electrons. The molecule has 4 rings (SSSR count). The van der Waals surface area contributed by atoms with Gasteiger partial charge in [0.05, 0.1) is 26.2 Å². The van der Waals surface area contributed by atoms with Crippen LogP contribution in [0.1, 0.15) is 11.1 Å². The van der Waals surface area contributed by atoms with E-state index in [1.807, 2.05) is 0 Å². The molecule has 0 heterocycles. The zero-order valence-corrected chi connectivity index (χ0v) is 18.3. The Balaban J connectivity index is 1.56. The van der Waals surface area contributed by atoms with Crippen molar-refractivity contribution in [3.63, 3.8) is 0 Å². The van der Waals surface area contributed by atoms with E-state index in [4.69, 9.17) is 14.7 Å². The van der Waals surface area contributed by atoms with Crippen LogP contribution in [-0.4, -0.2) is 13.7 Å². The molecular weight excluding hydrogens is 464 g/mol. The molecule has 4 aromatic carbocycles. The van der Waals surface area contributed by atoms with Crippen molar-refractivity contribution in [1.82, 2.24) is 0 Å². The number of benzene rings is 4. The number of hydrogen-bond donors (Lipinski definition) is 0. The summed E-state index contributed by atoms with van der Waals surface area (Å²) >= 11 is 3.51. The fourth-order valence-electron chi connectivity index (χ4n) is 3.65. The zero-order chi connectivity index (χ0) is 22.0. The van der Waals surface area contributed by atoms with Gasteiger partial charge in [0, 0.05) is 27.1 Å². The van der Waals surface area contributed by atoms with E-state index in [1.165, 1.54) is 6.07 Å². The van der Waals surface area contributed by atoms with Gasteiger partial charge in [0.1, 0.15) is 23.1 Å². The van der Waals surface area contributed by atoms with Crippen LogP contribution in [-0.2, 0) is 12.8 Å². The number of methoxy groups -OCH3 is 1. The molecule has 6 heteroatoms. The van der Waals surface area contributed by atoms with Crippen LogP contribution in [0.4, 0.5) is 8.78 Å².